The predicted molar refractivity (Wildman–Crippen MR) is 108 cm³/mol. The third-order valence-corrected chi connectivity index (χ3v) is 3.59. The Kier molecular flexibility index (Phi) is 9.47. The molecule has 0 N–H and O–H groups in total. The Hall–Kier alpha value is -2.88. The van der Waals surface area contributed by atoms with Crippen molar-refractivity contribution in [2.45, 2.75) is 13.3 Å². The molecule has 0 saturated heterocycles. The lowest BCUT2D eigenvalue weighted by Crippen LogP contribution is -1.91. The Balaban J connectivity index is 0.000000260. The van der Waals surface area contributed by atoms with Gasteiger partial charge in [0, 0.05) is 0 Å². The second-order valence-corrected chi connectivity index (χ2v) is 5.30. The first kappa shape index (κ1) is 21.2. The predicted octanol–water partition coefficient (Wildman–Crippen LogP) is 5.17. The molecule has 0 aliphatic heterocycles. The SMILES string of the molecule is C=CCc1ccc(OC)c(OC)c1.CC=Cc1ccc(OC)c(OC)c1. The normalized spacial score (nSPS) is 9.88. The van der Waals surface area contributed by atoms with E-state index in [1.165, 1.54) is 5.56 Å². The molecule has 26 heavy (non-hydrogen) atoms. The zero-order valence-corrected chi connectivity index (χ0v) is 16.2. The number of hydrogen-bond donors (Lipinski definition) is 0. The maximum atomic E-state index is 5.16. The van der Waals surface area contributed by atoms with Gasteiger partial charge in [0.1, 0.15) is 0 Å². The Morgan fingerprint density at radius 1 is 0.769 bits per heavy atom. The molecule has 0 aliphatic carbocycles. The van der Waals surface area contributed by atoms with Crippen molar-refractivity contribution in [3.63, 3.8) is 0 Å². The summed E-state index contributed by atoms with van der Waals surface area (Å²) >= 11 is 0. The van der Waals surface area contributed by atoms with Crippen LogP contribution in [0.3, 0.4) is 0 Å². The van der Waals surface area contributed by atoms with Crippen LogP contribution in [-0.4, -0.2) is 28.4 Å². The Morgan fingerprint density at radius 2 is 1.31 bits per heavy atom. The van der Waals surface area contributed by atoms with Crippen LogP contribution in [0.4, 0.5) is 0 Å². The van der Waals surface area contributed by atoms with E-state index in [0.29, 0.717) is 0 Å². The van der Waals surface area contributed by atoms with Crippen molar-refractivity contribution < 1.29 is 18.9 Å². The van der Waals surface area contributed by atoms with E-state index in [2.05, 4.69) is 6.58 Å². The van der Waals surface area contributed by atoms with E-state index in [1.54, 1.807) is 28.4 Å². The smallest absolute Gasteiger partial charge is 0.161 e. The molecule has 4 heteroatoms. The van der Waals surface area contributed by atoms with Gasteiger partial charge >= 0.3 is 0 Å². The largest absolute Gasteiger partial charge is 0.493 e. The van der Waals surface area contributed by atoms with Crippen LogP contribution in [0.25, 0.3) is 6.08 Å². The summed E-state index contributed by atoms with van der Waals surface area (Å²) in [5, 5.41) is 0. The van der Waals surface area contributed by atoms with Gasteiger partial charge in [-0.2, -0.15) is 0 Å². The van der Waals surface area contributed by atoms with Crippen molar-refractivity contribution >= 4 is 6.08 Å². The molecule has 0 atom stereocenters. The molecule has 2 aromatic rings. The average Bonchev–Trinajstić information content (AvgIpc) is 2.68. The van der Waals surface area contributed by atoms with Gasteiger partial charge < -0.3 is 18.9 Å². The molecule has 0 aliphatic rings. The van der Waals surface area contributed by atoms with Crippen LogP contribution in [-0.2, 0) is 6.42 Å². The summed E-state index contributed by atoms with van der Waals surface area (Å²) in [6.45, 7) is 5.66. The first-order valence-electron chi connectivity index (χ1n) is 8.29. The van der Waals surface area contributed by atoms with Crippen molar-refractivity contribution in [2.24, 2.45) is 0 Å². The number of methoxy groups -OCH3 is 4. The summed E-state index contributed by atoms with van der Waals surface area (Å²) in [7, 11) is 6.53. The summed E-state index contributed by atoms with van der Waals surface area (Å²) in [5.74, 6) is 3.05. The molecule has 0 fully saturated rings. The van der Waals surface area contributed by atoms with Gasteiger partial charge in [0.25, 0.3) is 0 Å². The zero-order chi connectivity index (χ0) is 19.4. The van der Waals surface area contributed by atoms with Gasteiger partial charge in [-0.3, -0.25) is 0 Å². The standard InChI is InChI=1S/2C11H14O2/c2*1-4-5-9-6-7-10(12-2)11(8-9)13-3/h4-8H,1-3H3;4,6-8H,1,5H2,2-3H3. The van der Waals surface area contributed by atoms with E-state index in [9.17, 15) is 0 Å². The second-order valence-electron chi connectivity index (χ2n) is 5.30. The van der Waals surface area contributed by atoms with Gasteiger partial charge in [0.15, 0.2) is 23.0 Å². The molecule has 0 unspecified atom stereocenters. The monoisotopic (exact) mass is 356 g/mol. The summed E-state index contributed by atoms with van der Waals surface area (Å²) in [4.78, 5) is 0. The lowest BCUT2D eigenvalue weighted by molar-refractivity contribution is 0.354. The zero-order valence-electron chi connectivity index (χ0n) is 16.2. The van der Waals surface area contributed by atoms with Crippen molar-refractivity contribution in [3.05, 3.63) is 66.3 Å². The number of ether oxygens (including phenoxy) is 4. The molecule has 0 bridgehead atoms. The summed E-state index contributed by atoms with van der Waals surface area (Å²) < 4.78 is 20.6. The Morgan fingerprint density at radius 3 is 1.81 bits per heavy atom. The molecule has 0 spiro atoms. The molecular weight excluding hydrogens is 328 g/mol. The van der Waals surface area contributed by atoms with Crippen molar-refractivity contribution in [3.8, 4) is 23.0 Å². The topological polar surface area (TPSA) is 36.9 Å². The van der Waals surface area contributed by atoms with E-state index >= 15 is 0 Å². The number of benzene rings is 2. The fourth-order valence-corrected chi connectivity index (χ4v) is 2.32. The fourth-order valence-electron chi connectivity index (χ4n) is 2.32. The van der Waals surface area contributed by atoms with Crippen molar-refractivity contribution in [1.82, 2.24) is 0 Å². The van der Waals surface area contributed by atoms with Crippen LogP contribution in [0.15, 0.2) is 55.1 Å². The highest BCUT2D eigenvalue weighted by Crippen LogP contribution is 2.28. The van der Waals surface area contributed by atoms with Gasteiger partial charge in [-0.25, -0.2) is 0 Å². The molecular formula is C22H28O4. The molecule has 0 amide bonds. The van der Waals surface area contributed by atoms with E-state index in [-0.39, 0.29) is 0 Å². The van der Waals surface area contributed by atoms with Gasteiger partial charge in [0.05, 0.1) is 28.4 Å². The van der Waals surface area contributed by atoms with E-state index in [1.807, 2.05) is 61.5 Å². The van der Waals surface area contributed by atoms with Gasteiger partial charge in [-0.05, 0) is 48.7 Å². The van der Waals surface area contributed by atoms with Crippen molar-refractivity contribution in [2.75, 3.05) is 28.4 Å². The summed E-state index contributed by atoms with van der Waals surface area (Å²) in [5.41, 5.74) is 2.29. The molecule has 0 saturated carbocycles. The maximum absolute atomic E-state index is 5.16. The fraction of sp³-hybridized carbons (Fsp3) is 0.273. The summed E-state index contributed by atoms with van der Waals surface area (Å²) in [6, 6.07) is 11.7. The second kappa shape index (κ2) is 11.6. The number of hydrogen-bond acceptors (Lipinski definition) is 4. The molecule has 0 heterocycles. The first-order valence-corrected chi connectivity index (χ1v) is 8.29. The molecule has 2 aromatic carbocycles. The quantitative estimate of drug-likeness (QED) is 0.642. The minimum absolute atomic E-state index is 0.760. The number of rotatable bonds is 7. The summed E-state index contributed by atoms with van der Waals surface area (Å²) in [6.07, 6.45) is 6.71. The third-order valence-electron chi connectivity index (χ3n) is 3.59. The van der Waals surface area contributed by atoms with Crippen LogP contribution in [0, 0.1) is 0 Å². The minimum Gasteiger partial charge on any atom is -0.493 e. The molecule has 4 nitrogen and oxygen atoms in total. The van der Waals surface area contributed by atoms with Crippen LogP contribution < -0.4 is 18.9 Å². The maximum Gasteiger partial charge on any atom is 0.161 e. The molecule has 140 valence electrons. The lowest BCUT2D eigenvalue weighted by Gasteiger charge is -2.08. The third kappa shape index (κ3) is 6.20. The average molecular weight is 356 g/mol. The highest BCUT2D eigenvalue weighted by Gasteiger charge is 2.03. The highest BCUT2D eigenvalue weighted by molar-refractivity contribution is 5.55. The Labute approximate surface area is 156 Å². The molecule has 0 radical (unpaired) electrons. The van der Waals surface area contributed by atoms with Crippen molar-refractivity contribution in [1.29, 1.82) is 0 Å². The van der Waals surface area contributed by atoms with E-state index < -0.39 is 0 Å². The highest BCUT2D eigenvalue weighted by atomic mass is 16.5. The lowest BCUT2D eigenvalue weighted by atomic mass is 10.1. The van der Waals surface area contributed by atoms with Gasteiger partial charge in [-0.15, -0.1) is 6.58 Å². The van der Waals surface area contributed by atoms with E-state index in [0.717, 1.165) is 35.0 Å². The molecule has 2 rings (SSSR count). The van der Waals surface area contributed by atoms with Gasteiger partial charge in [-0.1, -0.05) is 30.4 Å². The Bertz CT molecular complexity index is 720. The number of allylic oxidation sites excluding steroid dienone is 2. The van der Waals surface area contributed by atoms with Crippen LogP contribution in [0.2, 0.25) is 0 Å². The van der Waals surface area contributed by atoms with Crippen LogP contribution in [0.5, 0.6) is 23.0 Å². The van der Waals surface area contributed by atoms with E-state index in [4.69, 9.17) is 18.9 Å². The van der Waals surface area contributed by atoms with Crippen LogP contribution >= 0.6 is 0 Å². The molecule has 0 aromatic heterocycles. The van der Waals surface area contributed by atoms with Gasteiger partial charge in [0.2, 0.25) is 0 Å². The first-order chi connectivity index (χ1) is 12.6. The van der Waals surface area contributed by atoms with Crippen LogP contribution in [0.1, 0.15) is 18.1 Å². The minimum atomic E-state index is 0.760.